The molecule has 0 amide bonds. The zero-order valence-electron chi connectivity index (χ0n) is 7.36. The maximum Gasteiger partial charge on any atom is 0.0622 e. The van der Waals surface area contributed by atoms with E-state index in [4.69, 9.17) is 0 Å². The number of hydrogen-bond acceptors (Lipinski definition) is 3. The average Bonchev–Trinajstić information content (AvgIpc) is 2.21. The first kappa shape index (κ1) is 10.4. The highest BCUT2D eigenvalue weighted by atomic mass is 35.5. The Hall–Kier alpha value is -0.640. The van der Waals surface area contributed by atoms with Crippen LogP contribution in [-0.2, 0) is 0 Å². The fourth-order valence-electron chi connectivity index (χ4n) is 1.44. The van der Waals surface area contributed by atoms with Gasteiger partial charge < -0.3 is 10.6 Å². The highest BCUT2D eigenvalue weighted by Crippen LogP contribution is 2.08. The highest BCUT2D eigenvalue weighted by molar-refractivity contribution is 5.85. The smallest absolute Gasteiger partial charge is 0.0622 e. The molecule has 3 nitrogen and oxygen atoms in total. The zero-order valence-corrected chi connectivity index (χ0v) is 8.18. The van der Waals surface area contributed by atoms with Crippen LogP contribution in [0.15, 0.2) is 24.4 Å². The highest BCUT2D eigenvalue weighted by Gasteiger charge is 2.13. The molecule has 72 valence electrons. The lowest BCUT2D eigenvalue weighted by Crippen LogP contribution is -2.42. The summed E-state index contributed by atoms with van der Waals surface area (Å²) in [7, 11) is 0. The number of nitrogens with zero attached hydrogens (tertiary/aromatic N) is 1. The van der Waals surface area contributed by atoms with Gasteiger partial charge in [-0.2, -0.15) is 0 Å². The Labute approximate surface area is 84.4 Å². The predicted octanol–water partition coefficient (Wildman–Crippen LogP) is 0.737. The van der Waals surface area contributed by atoms with Crippen molar-refractivity contribution in [1.29, 1.82) is 0 Å². The molecule has 1 aromatic rings. The quantitative estimate of drug-likeness (QED) is 0.701. The van der Waals surface area contributed by atoms with Crippen LogP contribution >= 0.6 is 12.4 Å². The van der Waals surface area contributed by atoms with Crippen molar-refractivity contribution in [2.24, 2.45) is 0 Å². The minimum absolute atomic E-state index is 0. The van der Waals surface area contributed by atoms with Crippen LogP contribution in [0.2, 0.25) is 0 Å². The van der Waals surface area contributed by atoms with Crippen LogP contribution in [0.5, 0.6) is 0 Å². The molecule has 2 N–H and O–H groups in total. The van der Waals surface area contributed by atoms with Gasteiger partial charge in [-0.05, 0) is 12.1 Å². The van der Waals surface area contributed by atoms with Crippen molar-refractivity contribution in [1.82, 2.24) is 15.6 Å². The Morgan fingerprint density at radius 2 is 2.23 bits per heavy atom. The van der Waals surface area contributed by atoms with E-state index < -0.39 is 0 Å². The fraction of sp³-hybridized carbons (Fsp3) is 0.444. The Balaban J connectivity index is 0.000000845. The van der Waals surface area contributed by atoms with E-state index in [-0.39, 0.29) is 12.4 Å². The summed E-state index contributed by atoms with van der Waals surface area (Å²) in [5.74, 6) is 0. The van der Waals surface area contributed by atoms with E-state index in [1.807, 2.05) is 18.3 Å². The molecule has 1 atom stereocenters. The summed E-state index contributed by atoms with van der Waals surface area (Å²) in [6.07, 6.45) is 1.84. The summed E-state index contributed by atoms with van der Waals surface area (Å²) in [6, 6.07) is 6.42. The third kappa shape index (κ3) is 2.66. The normalized spacial score (nSPS) is 22.0. The van der Waals surface area contributed by atoms with Gasteiger partial charge >= 0.3 is 0 Å². The van der Waals surface area contributed by atoms with Gasteiger partial charge in [0.1, 0.15) is 0 Å². The van der Waals surface area contributed by atoms with Crippen LogP contribution in [0.1, 0.15) is 11.7 Å². The average molecular weight is 200 g/mol. The monoisotopic (exact) mass is 199 g/mol. The number of hydrogen-bond donors (Lipinski definition) is 2. The van der Waals surface area contributed by atoms with Gasteiger partial charge in [0.15, 0.2) is 0 Å². The molecule has 0 bridgehead atoms. The van der Waals surface area contributed by atoms with Gasteiger partial charge in [0.05, 0.1) is 11.7 Å². The summed E-state index contributed by atoms with van der Waals surface area (Å²) in [6.45, 7) is 3.07. The van der Waals surface area contributed by atoms with Gasteiger partial charge in [-0.3, -0.25) is 4.98 Å². The second kappa shape index (κ2) is 5.17. The summed E-state index contributed by atoms with van der Waals surface area (Å²) in [5, 5.41) is 6.74. The van der Waals surface area contributed by atoms with Crippen molar-refractivity contribution < 1.29 is 0 Å². The first-order chi connectivity index (χ1) is 5.97. The fourth-order valence-corrected chi connectivity index (χ4v) is 1.44. The molecular formula is C9H14ClN3. The number of aromatic nitrogens is 1. The molecule has 2 rings (SSSR count). The molecule has 0 aliphatic carbocycles. The minimum Gasteiger partial charge on any atom is -0.314 e. The van der Waals surface area contributed by atoms with E-state index in [0.717, 1.165) is 25.3 Å². The van der Waals surface area contributed by atoms with Crippen LogP contribution in [0.4, 0.5) is 0 Å². The van der Waals surface area contributed by atoms with Crippen molar-refractivity contribution in [3.8, 4) is 0 Å². The van der Waals surface area contributed by atoms with Crippen molar-refractivity contribution in [3.05, 3.63) is 30.1 Å². The van der Waals surface area contributed by atoms with E-state index >= 15 is 0 Å². The van der Waals surface area contributed by atoms with Crippen LogP contribution in [0.3, 0.4) is 0 Å². The molecule has 1 aliphatic rings. The van der Waals surface area contributed by atoms with E-state index in [9.17, 15) is 0 Å². The summed E-state index contributed by atoms with van der Waals surface area (Å²) in [5.41, 5.74) is 1.13. The number of rotatable bonds is 1. The van der Waals surface area contributed by atoms with Gasteiger partial charge in [-0.15, -0.1) is 12.4 Å². The largest absolute Gasteiger partial charge is 0.314 e. The molecule has 13 heavy (non-hydrogen) atoms. The van der Waals surface area contributed by atoms with Crippen molar-refractivity contribution in [2.45, 2.75) is 6.04 Å². The first-order valence-electron chi connectivity index (χ1n) is 4.32. The molecule has 1 aliphatic heterocycles. The topological polar surface area (TPSA) is 37.0 Å². The van der Waals surface area contributed by atoms with Crippen molar-refractivity contribution in [3.63, 3.8) is 0 Å². The molecule has 4 heteroatoms. The van der Waals surface area contributed by atoms with E-state index in [1.165, 1.54) is 0 Å². The van der Waals surface area contributed by atoms with E-state index in [0.29, 0.717) is 6.04 Å². The molecule has 0 spiro atoms. The SMILES string of the molecule is Cl.c1ccc([C@H]2CNCCN2)nc1. The predicted molar refractivity (Wildman–Crippen MR) is 55.1 cm³/mol. The lowest BCUT2D eigenvalue weighted by Gasteiger charge is -2.23. The third-order valence-electron chi connectivity index (χ3n) is 2.09. The molecule has 0 saturated carbocycles. The Bertz CT molecular complexity index is 234. The molecular weight excluding hydrogens is 186 g/mol. The number of pyridine rings is 1. The Kier molecular flexibility index (Phi) is 4.15. The van der Waals surface area contributed by atoms with Crippen LogP contribution in [-0.4, -0.2) is 24.6 Å². The van der Waals surface area contributed by atoms with Crippen LogP contribution in [0, 0.1) is 0 Å². The molecule has 0 unspecified atom stereocenters. The lowest BCUT2D eigenvalue weighted by atomic mass is 10.1. The molecule has 1 aromatic heterocycles. The summed E-state index contributed by atoms with van der Waals surface area (Å²) >= 11 is 0. The lowest BCUT2D eigenvalue weighted by molar-refractivity contribution is 0.423. The molecule has 2 heterocycles. The van der Waals surface area contributed by atoms with E-state index in [2.05, 4.69) is 21.7 Å². The summed E-state index contributed by atoms with van der Waals surface area (Å²) in [4.78, 5) is 4.30. The van der Waals surface area contributed by atoms with Gasteiger partial charge in [0.25, 0.3) is 0 Å². The Morgan fingerprint density at radius 3 is 2.85 bits per heavy atom. The number of halogens is 1. The van der Waals surface area contributed by atoms with Crippen LogP contribution in [0.25, 0.3) is 0 Å². The minimum atomic E-state index is 0. The number of piperazine rings is 1. The second-order valence-corrected chi connectivity index (χ2v) is 2.97. The standard InChI is InChI=1S/C9H13N3.ClH/c1-2-4-11-8(3-1)9-7-10-5-6-12-9;/h1-4,9-10,12H,5-7H2;1H/t9-;/m1./s1. The van der Waals surface area contributed by atoms with E-state index in [1.54, 1.807) is 0 Å². The van der Waals surface area contributed by atoms with Crippen LogP contribution < -0.4 is 10.6 Å². The van der Waals surface area contributed by atoms with Gasteiger partial charge in [-0.1, -0.05) is 6.07 Å². The third-order valence-corrected chi connectivity index (χ3v) is 2.09. The van der Waals surface area contributed by atoms with Gasteiger partial charge in [0.2, 0.25) is 0 Å². The summed E-state index contributed by atoms with van der Waals surface area (Å²) < 4.78 is 0. The molecule has 0 aromatic carbocycles. The maximum atomic E-state index is 4.30. The molecule has 1 saturated heterocycles. The van der Waals surface area contributed by atoms with Crippen molar-refractivity contribution in [2.75, 3.05) is 19.6 Å². The number of nitrogens with one attached hydrogen (secondary N) is 2. The zero-order chi connectivity index (χ0) is 8.23. The molecule has 1 fully saturated rings. The van der Waals surface area contributed by atoms with Crippen molar-refractivity contribution >= 4 is 12.4 Å². The van der Waals surface area contributed by atoms with Gasteiger partial charge in [-0.25, -0.2) is 0 Å². The Morgan fingerprint density at radius 1 is 1.31 bits per heavy atom. The first-order valence-corrected chi connectivity index (χ1v) is 4.32. The second-order valence-electron chi connectivity index (χ2n) is 2.97. The van der Waals surface area contributed by atoms with Gasteiger partial charge in [0, 0.05) is 25.8 Å². The maximum absolute atomic E-state index is 4.30. The molecule has 0 radical (unpaired) electrons.